The Kier molecular flexibility index (Phi) is 5.49. The third kappa shape index (κ3) is 4.48. The lowest BCUT2D eigenvalue weighted by atomic mass is 10.1. The van der Waals surface area contributed by atoms with Crippen molar-refractivity contribution in [3.63, 3.8) is 0 Å². The molecule has 0 N–H and O–H groups in total. The molecule has 0 aliphatic heterocycles. The highest BCUT2D eigenvalue weighted by molar-refractivity contribution is 7.13. The maximum Gasteiger partial charge on any atom is 0.124 e. The van der Waals surface area contributed by atoms with E-state index in [2.05, 4.69) is 34.3 Å². The van der Waals surface area contributed by atoms with Crippen LogP contribution in [0, 0.1) is 11.8 Å². The number of rotatable bonds is 4. The summed E-state index contributed by atoms with van der Waals surface area (Å²) in [6.07, 6.45) is 0. The molecule has 0 spiro atoms. The maximum atomic E-state index is 5.20. The molecule has 0 aliphatic rings. The van der Waals surface area contributed by atoms with Crippen LogP contribution in [0.5, 0.6) is 5.75 Å². The van der Waals surface area contributed by atoms with Gasteiger partial charge in [-0.05, 0) is 50.5 Å². The molecule has 0 saturated heterocycles. The van der Waals surface area contributed by atoms with E-state index in [1.165, 1.54) is 0 Å². The topological polar surface area (TPSA) is 25.4 Å². The van der Waals surface area contributed by atoms with Crippen molar-refractivity contribution in [2.75, 3.05) is 27.7 Å². The molecular formula is C21H20N2OS. The van der Waals surface area contributed by atoms with Crippen molar-refractivity contribution < 1.29 is 4.74 Å². The van der Waals surface area contributed by atoms with E-state index in [0.29, 0.717) is 0 Å². The minimum absolute atomic E-state index is 0.763. The summed E-state index contributed by atoms with van der Waals surface area (Å²) in [6.45, 7) is 0.763. The molecule has 2 aromatic carbocycles. The average Bonchev–Trinajstić information content (AvgIpc) is 3.12. The van der Waals surface area contributed by atoms with Crippen LogP contribution in [0.25, 0.3) is 21.8 Å². The molecule has 0 amide bonds. The Labute approximate surface area is 152 Å². The van der Waals surface area contributed by atoms with Crippen LogP contribution in [0.3, 0.4) is 0 Å². The molecule has 3 rings (SSSR count). The lowest BCUT2D eigenvalue weighted by molar-refractivity contribution is 0.415. The molecule has 3 aromatic rings. The average molecular weight is 348 g/mol. The summed E-state index contributed by atoms with van der Waals surface area (Å²) in [5.74, 6) is 7.18. The number of benzene rings is 2. The largest absolute Gasteiger partial charge is 0.497 e. The van der Waals surface area contributed by atoms with Crippen molar-refractivity contribution in [1.82, 2.24) is 9.88 Å². The molecule has 1 heterocycles. The van der Waals surface area contributed by atoms with Gasteiger partial charge >= 0.3 is 0 Å². The van der Waals surface area contributed by atoms with E-state index in [-0.39, 0.29) is 0 Å². The number of thiazole rings is 1. The molecule has 0 bridgehead atoms. The van der Waals surface area contributed by atoms with Gasteiger partial charge in [-0.15, -0.1) is 11.3 Å². The highest BCUT2D eigenvalue weighted by Crippen LogP contribution is 2.29. The quantitative estimate of drug-likeness (QED) is 0.654. The number of aromatic nitrogens is 1. The first-order valence-corrected chi connectivity index (χ1v) is 8.87. The van der Waals surface area contributed by atoms with Gasteiger partial charge in [-0.2, -0.15) is 0 Å². The maximum absolute atomic E-state index is 5.20. The number of hydrogen-bond acceptors (Lipinski definition) is 4. The van der Waals surface area contributed by atoms with Crippen LogP contribution in [-0.4, -0.2) is 37.6 Å². The van der Waals surface area contributed by atoms with Gasteiger partial charge in [0, 0.05) is 22.1 Å². The van der Waals surface area contributed by atoms with Crippen LogP contribution in [0.2, 0.25) is 0 Å². The summed E-state index contributed by atoms with van der Waals surface area (Å²) in [5.41, 5.74) is 4.22. The smallest absolute Gasteiger partial charge is 0.124 e. The molecule has 1 aromatic heterocycles. The summed E-state index contributed by atoms with van der Waals surface area (Å²) in [7, 11) is 5.70. The van der Waals surface area contributed by atoms with Crippen molar-refractivity contribution in [3.8, 4) is 39.4 Å². The molecule has 0 saturated carbocycles. The fourth-order valence-electron chi connectivity index (χ4n) is 2.30. The number of nitrogens with zero attached hydrogens (tertiary/aromatic N) is 2. The van der Waals surface area contributed by atoms with Crippen LogP contribution in [-0.2, 0) is 0 Å². The molecule has 0 aliphatic carbocycles. The van der Waals surface area contributed by atoms with E-state index in [9.17, 15) is 0 Å². The number of ether oxygens (including phenoxy) is 1. The van der Waals surface area contributed by atoms with Crippen LogP contribution in [0.1, 0.15) is 5.56 Å². The van der Waals surface area contributed by atoms with E-state index < -0.39 is 0 Å². The summed E-state index contributed by atoms with van der Waals surface area (Å²) in [5, 5.41) is 3.10. The third-order valence-electron chi connectivity index (χ3n) is 3.65. The van der Waals surface area contributed by atoms with Gasteiger partial charge in [-0.25, -0.2) is 4.98 Å². The monoisotopic (exact) mass is 348 g/mol. The molecule has 3 nitrogen and oxygen atoms in total. The van der Waals surface area contributed by atoms with Gasteiger partial charge in [-0.3, -0.25) is 4.90 Å². The molecule has 0 radical (unpaired) electrons. The molecule has 0 fully saturated rings. The number of methoxy groups -OCH3 is 1. The molecule has 25 heavy (non-hydrogen) atoms. The van der Waals surface area contributed by atoms with Crippen molar-refractivity contribution in [1.29, 1.82) is 0 Å². The fourth-order valence-corrected chi connectivity index (χ4v) is 3.13. The fraction of sp³-hybridized carbons (Fsp3) is 0.190. The Balaban J connectivity index is 1.76. The molecule has 0 atom stereocenters. The molecule has 4 heteroatoms. The Morgan fingerprint density at radius 2 is 1.68 bits per heavy atom. The van der Waals surface area contributed by atoms with Crippen molar-refractivity contribution in [2.45, 2.75) is 0 Å². The molecule has 126 valence electrons. The first kappa shape index (κ1) is 17.2. The van der Waals surface area contributed by atoms with Gasteiger partial charge in [0.05, 0.1) is 19.3 Å². The zero-order chi connectivity index (χ0) is 17.6. The van der Waals surface area contributed by atoms with Crippen LogP contribution >= 0.6 is 11.3 Å². The third-order valence-corrected chi connectivity index (χ3v) is 4.54. The summed E-state index contributed by atoms with van der Waals surface area (Å²) < 4.78 is 5.20. The van der Waals surface area contributed by atoms with Gasteiger partial charge in [0.15, 0.2) is 0 Å². The minimum Gasteiger partial charge on any atom is -0.497 e. The zero-order valence-corrected chi connectivity index (χ0v) is 15.4. The second-order valence-corrected chi connectivity index (χ2v) is 6.74. The van der Waals surface area contributed by atoms with Crippen LogP contribution in [0.4, 0.5) is 0 Å². The predicted molar refractivity (Wildman–Crippen MR) is 105 cm³/mol. The Hall–Kier alpha value is -2.61. The number of hydrogen-bond donors (Lipinski definition) is 0. The minimum atomic E-state index is 0.763. The first-order valence-electron chi connectivity index (χ1n) is 8.00. The Morgan fingerprint density at radius 3 is 2.32 bits per heavy atom. The predicted octanol–water partition coefficient (Wildman–Crippen LogP) is 4.40. The van der Waals surface area contributed by atoms with E-state index in [1.807, 2.05) is 50.5 Å². The van der Waals surface area contributed by atoms with E-state index in [1.54, 1.807) is 18.4 Å². The van der Waals surface area contributed by atoms with Gasteiger partial charge in [0.1, 0.15) is 10.8 Å². The Morgan fingerprint density at radius 1 is 1.00 bits per heavy atom. The highest BCUT2D eigenvalue weighted by atomic mass is 32.1. The van der Waals surface area contributed by atoms with Crippen LogP contribution in [0.15, 0.2) is 53.9 Å². The SMILES string of the molecule is COc1ccc(-c2nc(-c3ccc(C#CCN(C)C)cc3)cs2)cc1. The van der Waals surface area contributed by atoms with Crippen molar-refractivity contribution in [2.24, 2.45) is 0 Å². The van der Waals surface area contributed by atoms with Crippen LogP contribution < -0.4 is 4.74 Å². The lowest BCUT2D eigenvalue weighted by Crippen LogP contribution is -2.10. The first-order chi connectivity index (χ1) is 12.2. The standard InChI is InChI=1S/C21H20N2OS/c1-23(2)14-4-5-16-6-8-17(9-7-16)20-15-25-21(22-20)18-10-12-19(24-3)13-11-18/h6-13,15H,14H2,1-3H3. The molecular weight excluding hydrogens is 328 g/mol. The highest BCUT2D eigenvalue weighted by Gasteiger charge is 2.07. The van der Waals surface area contributed by atoms with Gasteiger partial charge in [0.2, 0.25) is 0 Å². The van der Waals surface area contributed by atoms with E-state index in [4.69, 9.17) is 9.72 Å². The van der Waals surface area contributed by atoms with Gasteiger partial charge < -0.3 is 4.74 Å². The Bertz CT molecular complexity index is 884. The van der Waals surface area contributed by atoms with E-state index >= 15 is 0 Å². The summed E-state index contributed by atoms with van der Waals surface area (Å²) >= 11 is 1.65. The normalized spacial score (nSPS) is 10.4. The van der Waals surface area contributed by atoms with Gasteiger partial charge in [-0.1, -0.05) is 24.0 Å². The summed E-state index contributed by atoms with van der Waals surface area (Å²) in [4.78, 5) is 6.81. The van der Waals surface area contributed by atoms with E-state index in [0.717, 1.165) is 39.7 Å². The second-order valence-electron chi connectivity index (χ2n) is 5.88. The summed E-state index contributed by atoms with van der Waals surface area (Å²) in [6, 6.07) is 16.2. The van der Waals surface area contributed by atoms with Gasteiger partial charge in [0.25, 0.3) is 0 Å². The zero-order valence-electron chi connectivity index (χ0n) is 14.6. The lowest BCUT2D eigenvalue weighted by Gasteiger charge is -2.01. The van der Waals surface area contributed by atoms with Crippen molar-refractivity contribution >= 4 is 11.3 Å². The van der Waals surface area contributed by atoms with Crippen molar-refractivity contribution in [3.05, 3.63) is 59.5 Å². The second kappa shape index (κ2) is 7.98. The molecule has 0 unspecified atom stereocenters.